The number of aromatic nitrogens is 4. The van der Waals surface area contributed by atoms with Gasteiger partial charge in [-0.2, -0.15) is 0 Å². The van der Waals surface area contributed by atoms with Crippen LogP contribution < -0.4 is 9.62 Å². The van der Waals surface area contributed by atoms with Crippen LogP contribution in [0.4, 0.5) is 11.5 Å². The minimum Gasteiger partial charge on any atom is -0.360 e. The quantitative estimate of drug-likeness (QED) is 0.484. The monoisotopic (exact) mass is 452 g/mol. The van der Waals surface area contributed by atoms with Crippen LogP contribution in [-0.2, 0) is 10.0 Å². The van der Waals surface area contributed by atoms with Gasteiger partial charge in [-0.3, -0.25) is 0 Å². The number of hydrogen-bond acceptors (Lipinski definition) is 6. The zero-order chi connectivity index (χ0) is 21.6. The summed E-state index contributed by atoms with van der Waals surface area (Å²) in [4.78, 5) is 15.7. The molecule has 31 heavy (non-hydrogen) atoms. The number of para-hydroxylation sites is 1. The van der Waals surface area contributed by atoms with Crippen molar-refractivity contribution < 1.29 is 8.42 Å². The van der Waals surface area contributed by atoms with Crippen LogP contribution >= 0.6 is 11.6 Å². The fraction of sp³-hybridized carbons (Fsp3) is 0.0952. The van der Waals surface area contributed by atoms with Gasteiger partial charge in [-0.25, -0.2) is 27.7 Å². The van der Waals surface area contributed by atoms with Crippen molar-refractivity contribution in [2.45, 2.75) is 17.9 Å². The minimum atomic E-state index is -3.95. The Kier molecular flexibility index (Phi) is 4.64. The van der Waals surface area contributed by atoms with Crippen LogP contribution in [-0.4, -0.2) is 34.4 Å². The van der Waals surface area contributed by atoms with E-state index in [-0.39, 0.29) is 9.92 Å². The first-order chi connectivity index (χ1) is 15.0. The molecule has 3 heterocycles. The van der Waals surface area contributed by atoms with Gasteiger partial charge in [0.2, 0.25) is 0 Å². The Labute approximate surface area is 183 Å². The molecule has 0 amide bonds. The standard InChI is InChI=1S/C21H17ClN6O2S/c1-13(27-21-18-20(24-11-23-18)25-12-26-21)17-10-14-6-5-9-16(22)19(14)31(29,30)28(17)15-7-3-2-4-8-15/h2-13H,1H3,(H2,23,24,25,26,27)/t13-/m0/s1. The van der Waals surface area contributed by atoms with Gasteiger partial charge in [-0.15, -0.1) is 0 Å². The Balaban J connectivity index is 1.66. The van der Waals surface area contributed by atoms with E-state index in [0.717, 1.165) is 0 Å². The highest BCUT2D eigenvalue weighted by molar-refractivity contribution is 7.93. The Morgan fingerprint density at radius 1 is 1.06 bits per heavy atom. The second-order valence-corrected chi connectivity index (χ2v) is 9.15. The smallest absolute Gasteiger partial charge is 0.270 e. The van der Waals surface area contributed by atoms with E-state index in [1.807, 2.05) is 19.1 Å². The molecule has 2 aromatic carbocycles. The summed E-state index contributed by atoms with van der Waals surface area (Å²) >= 11 is 6.31. The summed E-state index contributed by atoms with van der Waals surface area (Å²) in [5, 5.41) is 3.47. The van der Waals surface area contributed by atoms with Crippen LogP contribution in [0.1, 0.15) is 12.5 Å². The van der Waals surface area contributed by atoms with Crippen molar-refractivity contribution in [2.24, 2.45) is 0 Å². The van der Waals surface area contributed by atoms with E-state index < -0.39 is 16.1 Å². The average Bonchev–Trinajstić information content (AvgIpc) is 3.23. The number of nitrogens with one attached hydrogen (secondary N) is 2. The van der Waals surface area contributed by atoms with Gasteiger partial charge >= 0.3 is 0 Å². The Bertz CT molecular complexity index is 1420. The Morgan fingerprint density at radius 3 is 2.68 bits per heavy atom. The largest absolute Gasteiger partial charge is 0.360 e. The fourth-order valence-electron chi connectivity index (χ4n) is 3.66. The molecule has 8 nitrogen and oxygen atoms in total. The van der Waals surface area contributed by atoms with Gasteiger partial charge < -0.3 is 10.3 Å². The van der Waals surface area contributed by atoms with Gasteiger partial charge in [-0.05, 0) is 36.8 Å². The molecular formula is C21H17ClN6O2S. The molecular weight excluding hydrogens is 436 g/mol. The Morgan fingerprint density at radius 2 is 1.87 bits per heavy atom. The second kappa shape index (κ2) is 7.36. The van der Waals surface area contributed by atoms with E-state index in [1.165, 1.54) is 17.0 Å². The van der Waals surface area contributed by atoms with Gasteiger partial charge in [0.05, 0.1) is 28.8 Å². The molecule has 1 atom stereocenters. The summed E-state index contributed by atoms with van der Waals surface area (Å²) in [5.41, 5.74) is 2.75. The average molecular weight is 453 g/mol. The van der Waals surface area contributed by atoms with Crippen LogP contribution in [0, 0.1) is 0 Å². The molecule has 0 radical (unpaired) electrons. The highest BCUT2D eigenvalue weighted by Crippen LogP contribution is 2.40. The van der Waals surface area contributed by atoms with Gasteiger partial charge in [-0.1, -0.05) is 41.9 Å². The van der Waals surface area contributed by atoms with Crippen molar-refractivity contribution in [3.05, 3.63) is 77.5 Å². The van der Waals surface area contributed by atoms with Crippen molar-refractivity contribution in [1.82, 2.24) is 19.9 Å². The van der Waals surface area contributed by atoms with Crippen LogP contribution in [0.2, 0.25) is 5.02 Å². The molecule has 2 N–H and O–H groups in total. The van der Waals surface area contributed by atoms with Crippen molar-refractivity contribution in [1.29, 1.82) is 0 Å². The highest BCUT2D eigenvalue weighted by Gasteiger charge is 2.37. The van der Waals surface area contributed by atoms with Crippen LogP contribution in [0.3, 0.4) is 0 Å². The number of sulfonamides is 1. The first-order valence-electron chi connectivity index (χ1n) is 9.48. The number of H-pyrrole nitrogens is 1. The second-order valence-electron chi connectivity index (χ2n) is 7.02. The summed E-state index contributed by atoms with van der Waals surface area (Å²) in [6.45, 7) is 1.87. The first kappa shape index (κ1) is 19.5. The number of rotatable bonds is 4. The molecule has 0 spiro atoms. The van der Waals surface area contributed by atoms with Crippen LogP contribution in [0.15, 0.2) is 71.8 Å². The SMILES string of the molecule is C[C@H](Nc1ncnc2[nH]cnc12)C1=Cc2cccc(Cl)c2S(=O)(=O)N1c1ccccc1. The van der Waals surface area contributed by atoms with Gasteiger partial charge in [0.1, 0.15) is 16.7 Å². The number of hydrogen-bond donors (Lipinski definition) is 2. The molecule has 0 fully saturated rings. The third kappa shape index (κ3) is 3.22. The van der Waals surface area contributed by atoms with E-state index in [4.69, 9.17) is 11.6 Å². The summed E-state index contributed by atoms with van der Waals surface area (Å²) in [6, 6.07) is 13.5. The maximum atomic E-state index is 13.7. The van der Waals surface area contributed by atoms with E-state index >= 15 is 0 Å². The maximum Gasteiger partial charge on any atom is 0.270 e. The molecule has 1 aliphatic heterocycles. The number of nitrogens with zero attached hydrogens (tertiary/aromatic N) is 4. The van der Waals surface area contributed by atoms with Crippen molar-refractivity contribution >= 4 is 50.4 Å². The van der Waals surface area contributed by atoms with E-state index in [2.05, 4.69) is 25.3 Å². The van der Waals surface area contributed by atoms with E-state index in [0.29, 0.717) is 33.9 Å². The number of halogens is 1. The van der Waals surface area contributed by atoms with Crippen molar-refractivity contribution in [3.8, 4) is 0 Å². The van der Waals surface area contributed by atoms with Crippen molar-refractivity contribution in [2.75, 3.05) is 9.62 Å². The predicted molar refractivity (Wildman–Crippen MR) is 120 cm³/mol. The topological polar surface area (TPSA) is 104 Å². The molecule has 5 rings (SSSR count). The normalized spacial score (nSPS) is 15.9. The Hall–Kier alpha value is -3.43. The lowest BCUT2D eigenvalue weighted by molar-refractivity contribution is 0.592. The number of aromatic amines is 1. The maximum absolute atomic E-state index is 13.7. The molecule has 2 aromatic heterocycles. The summed E-state index contributed by atoms with van der Waals surface area (Å²) in [7, 11) is -3.95. The highest BCUT2D eigenvalue weighted by atomic mass is 35.5. The summed E-state index contributed by atoms with van der Waals surface area (Å²) in [5.74, 6) is 0.502. The lowest BCUT2D eigenvalue weighted by Gasteiger charge is -2.34. The number of imidazole rings is 1. The molecule has 0 saturated carbocycles. The molecule has 1 aliphatic rings. The fourth-order valence-corrected chi connectivity index (χ4v) is 5.94. The van der Waals surface area contributed by atoms with Crippen LogP contribution in [0.25, 0.3) is 17.2 Å². The zero-order valence-corrected chi connectivity index (χ0v) is 17.9. The third-order valence-corrected chi connectivity index (χ3v) is 7.34. The zero-order valence-electron chi connectivity index (χ0n) is 16.3. The minimum absolute atomic E-state index is 0.0909. The first-order valence-corrected chi connectivity index (χ1v) is 11.3. The van der Waals surface area contributed by atoms with Gasteiger partial charge in [0.25, 0.3) is 10.0 Å². The summed E-state index contributed by atoms with van der Waals surface area (Å²) < 4.78 is 28.7. The van der Waals surface area contributed by atoms with E-state index in [1.54, 1.807) is 42.5 Å². The number of fused-ring (bicyclic) bond motifs is 2. The predicted octanol–water partition coefficient (Wildman–Crippen LogP) is 4.06. The molecule has 0 aliphatic carbocycles. The molecule has 4 aromatic rings. The van der Waals surface area contributed by atoms with Gasteiger partial charge in [0.15, 0.2) is 11.5 Å². The lowest BCUT2D eigenvalue weighted by atomic mass is 10.1. The van der Waals surface area contributed by atoms with Crippen molar-refractivity contribution in [3.63, 3.8) is 0 Å². The molecule has 10 heteroatoms. The molecule has 0 unspecified atom stereocenters. The summed E-state index contributed by atoms with van der Waals surface area (Å²) in [6.07, 6.45) is 4.79. The van der Waals surface area contributed by atoms with Crippen LogP contribution in [0.5, 0.6) is 0 Å². The molecule has 0 bridgehead atoms. The third-order valence-electron chi connectivity index (χ3n) is 5.04. The molecule has 0 saturated heterocycles. The van der Waals surface area contributed by atoms with Gasteiger partial charge in [0, 0.05) is 0 Å². The number of benzene rings is 2. The molecule has 156 valence electrons. The lowest BCUT2D eigenvalue weighted by Crippen LogP contribution is -2.40. The number of anilines is 2. The van der Waals surface area contributed by atoms with E-state index in [9.17, 15) is 8.42 Å².